The van der Waals surface area contributed by atoms with E-state index in [0.717, 1.165) is 11.1 Å². The lowest BCUT2D eigenvalue weighted by molar-refractivity contribution is 0.0287. The Bertz CT molecular complexity index is 1340. The van der Waals surface area contributed by atoms with Gasteiger partial charge in [-0.15, -0.1) is 0 Å². The van der Waals surface area contributed by atoms with Gasteiger partial charge >= 0.3 is 0 Å². The van der Waals surface area contributed by atoms with Crippen LogP contribution in [-0.4, -0.2) is 47.4 Å². The van der Waals surface area contributed by atoms with Gasteiger partial charge in [0.15, 0.2) is 40.6 Å². The van der Waals surface area contributed by atoms with Crippen molar-refractivity contribution in [2.24, 2.45) is 11.8 Å². The molecule has 0 aromatic heterocycles. The normalized spacial score (nSPS) is 20.9. The molecular formula is C32H38O8. The molecular weight excluding hydrogens is 512 g/mol. The van der Waals surface area contributed by atoms with Crippen molar-refractivity contribution in [2.45, 2.75) is 39.1 Å². The number of ketones is 1. The van der Waals surface area contributed by atoms with Crippen LogP contribution >= 0.6 is 0 Å². The fraction of sp³-hybridized carbons (Fsp3) is 0.406. The van der Waals surface area contributed by atoms with Gasteiger partial charge in [0.25, 0.3) is 0 Å². The van der Waals surface area contributed by atoms with Gasteiger partial charge in [0, 0.05) is 5.56 Å². The van der Waals surface area contributed by atoms with E-state index in [1.165, 1.54) is 7.11 Å². The molecule has 0 radical (unpaired) electrons. The van der Waals surface area contributed by atoms with E-state index in [2.05, 4.69) is 13.8 Å². The predicted octanol–water partition coefficient (Wildman–Crippen LogP) is 6.46. The van der Waals surface area contributed by atoms with E-state index in [1.54, 1.807) is 53.6 Å². The number of benzene rings is 3. The smallest absolute Gasteiger partial charge is 0.203 e. The Morgan fingerprint density at radius 2 is 1.05 bits per heavy atom. The van der Waals surface area contributed by atoms with E-state index in [1.807, 2.05) is 36.4 Å². The molecule has 1 fully saturated rings. The highest BCUT2D eigenvalue weighted by Crippen LogP contribution is 2.50. The van der Waals surface area contributed by atoms with Crippen molar-refractivity contribution in [3.63, 3.8) is 0 Å². The maximum atomic E-state index is 13.1. The summed E-state index contributed by atoms with van der Waals surface area (Å²) in [6, 6.07) is 16.7. The Morgan fingerprint density at radius 3 is 1.55 bits per heavy atom. The minimum Gasteiger partial charge on any atom is -0.493 e. The summed E-state index contributed by atoms with van der Waals surface area (Å²) in [5, 5.41) is 0. The second kappa shape index (κ2) is 12.5. The Morgan fingerprint density at radius 1 is 0.625 bits per heavy atom. The van der Waals surface area contributed by atoms with Gasteiger partial charge in [-0.25, -0.2) is 0 Å². The van der Waals surface area contributed by atoms with Gasteiger partial charge in [-0.1, -0.05) is 26.0 Å². The molecule has 3 aromatic rings. The van der Waals surface area contributed by atoms with Crippen molar-refractivity contribution in [3.8, 4) is 34.5 Å². The van der Waals surface area contributed by atoms with E-state index in [0.29, 0.717) is 40.1 Å². The summed E-state index contributed by atoms with van der Waals surface area (Å²) in [5.74, 6) is 3.69. The van der Waals surface area contributed by atoms with Crippen LogP contribution in [0.4, 0.5) is 0 Å². The molecule has 0 bridgehead atoms. The third-order valence-electron chi connectivity index (χ3n) is 7.67. The van der Waals surface area contributed by atoms with Gasteiger partial charge in [0.2, 0.25) is 5.78 Å². The second-order valence-electron chi connectivity index (χ2n) is 9.91. The van der Waals surface area contributed by atoms with Crippen molar-refractivity contribution in [1.29, 1.82) is 0 Å². The van der Waals surface area contributed by atoms with Crippen molar-refractivity contribution < 1.29 is 38.0 Å². The third-order valence-corrected chi connectivity index (χ3v) is 7.67. The molecule has 1 aliphatic rings. The van der Waals surface area contributed by atoms with Crippen molar-refractivity contribution in [2.75, 3.05) is 35.5 Å². The molecule has 1 aliphatic heterocycles. The molecule has 4 rings (SSSR count). The molecule has 1 heterocycles. The van der Waals surface area contributed by atoms with Gasteiger partial charge in [0.1, 0.15) is 0 Å². The average Bonchev–Trinajstić information content (AvgIpc) is 3.29. The fourth-order valence-electron chi connectivity index (χ4n) is 5.18. The SMILES string of the molecule is COc1ccc(C(=O)C(C)Oc2ccc([C@H]3O[C@H](c4ccc(OC)c(OC)c4)[C@H](C)[C@H]3C)cc2OC)cc1OC. The van der Waals surface area contributed by atoms with Crippen LogP contribution in [-0.2, 0) is 4.74 Å². The highest BCUT2D eigenvalue weighted by atomic mass is 16.5. The summed E-state index contributed by atoms with van der Waals surface area (Å²) in [7, 11) is 7.92. The summed E-state index contributed by atoms with van der Waals surface area (Å²) in [5.41, 5.74) is 2.48. The first-order chi connectivity index (χ1) is 19.3. The van der Waals surface area contributed by atoms with Gasteiger partial charge in [-0.05, 0) is 72.4 Å². The minimum absolute atomic E-state index is 0.110. The fourth-order valence-corrected chi connectivity index (χ4v) is 5.18. The Labute approximate surface area is 236 Å². The van der Waals surface area contributed by atoms with E-state index < -0.39 is 6.10 Å². The number of hydrogen-bond donors (Lipinski definition) is 0. The number of Topliss-reactive ketones (excluding diaryl/α,β-unsaturated/α-hetero) is 1. The van der Waals surface area contributed by atoms with E-state index in [4.69, 9.17) is 33.2 Å². The van der Waals surface area contributed by atoms with E-state index in [-0.39, 0.29) is 29.8 Å². The highest BCUT2D eigenvalue weighted by Gasteiger charge is 2.41. The first kappa shape index (κ1) is 29.1. The summed E-state index contributed by atoms with van der Waals surface area (Å²) >= 11 is 0. The molecule has 1 saturated heterocycles. The molecule has 3 aromatic carbocycles. The molecule has 1 unspecified atom stereocenters. The van der Waals surface area contributed by atoms with Gasteiger partial charge in [-0.3, -0.25) is 4.79 Å². The Kier molecular flexibility index (Phi) is 9.10. The summed E-state index contributed by atoms with van der Waals surface area (Å²) in [6.45, 7) is 6.10. The number of rotatable bonds is 11. The standard InChI is InChI=1S/C32H38O8/c1-18-19(2)32(40-31(18)22-10-13-25(35-5)28(16-22)37-7)23-11-14-26(29(17-23)38-8)39-20(3)30(33)21-9-12-24(34-4)27(15-21)36-6/h9-20,31-32H,1-8H3/t18-,19-,20?,31+,32+/m1/s1. The predicted molar refractivity (Wildman–Crippen MR) is 151 cm³/mol. The van der Waals surface area contributed by atoms with Crippen molar-refractivity contribution >= 4 is 5.78 Å². The number of ether oxygens (including phenoxy) is 7. The topological polar surface area (TPSA) is 81.7 Å². The molecule has 8 nitrogen and oxygen atoms in total. The molecule has 40 heavy (non-hydrogen) atoms. The van der Waals surface area contributed by atoms with Gasteiger partial charge in [0.05, 0.1) is 47.8 Å². The molecule has 0 saturated carbocycles. The van der Waals surface area contributed by atoms with E-state index >= 15 is 0 Å². The quantitative estimate of drug-likeness (QED) is 0.252. The monoisotopic (exact) mass is 550 g/mol. The van der Waals surface area contributed by atoms with Crippen LogP contribution in [0.15, 0.2) is 54.6 Å². The molecule has 0 amide bonds. The number of hydrogen-bond acceptors (Lipinski definition) is 8. The third kappa shape index (κ3) is 5.68. The van der Waals surface area contributed by atoms with Crippen molar-refractivity contribution in [3.05, 3.63) is 71.3 Å². The average molecular weight is 551 g/mol. The van der Waals surface area contributed by atoms with Crippen LogP contribution in [0.1, 0.15) is 54.5 Å². The largest absolute Gasteiger partial charge is 0.493 e. The molecule has 214 valence electrons. The highest BCUT2D eigenvalue weighted by molar-refractivity contribution is 6.00. The lowest BCUT2D eigenvalue weighted by atomic mass is 9.85. The van der Waals surface area contributed by atoms with Crippen LogP contribution in [0.5, 0.6) is 34.5 Å². The molecule has 8 heteroatoms. The maximum Gasteiger partial charge on any atom is 0.203 e. The van der Waals surface area contributed by atoms with Gasteiger partial charge < -0.3 is 33.2 Å². The second-order valence-corrected chi connectivity index (χ2v) is 9.91. The first-order valence-electron chi connectivity index (χ1n) is 13.2. The zero-order chi connectivity index (χ0) is 29.0. The number of carbonyl (C=O) groups is 1. The van der Waals surface area contributed by atoms with Gasteiger partial charge in [-0.2, -0.15) is 0 Å². The van der Waals surface area contributed by atoms with Crippen LogP contribution in [0.25, 0.3) is 0 Å². The summed E-state index contributed by atoms with van der Waals surface area (Å²) in [6.07, 6.45) is -1.02. The van der Waals surface area contributed by atoms with Crippen molar-refractivity contribution in [1.82, 2.24) is 0 Å². The van der Waals surface area contributed by atoms with Crippen LogP contribution < -0.4 is 28.4 Å². The molecule has 0 N–H and O–H groups in total. The number of carbonyl (C=O) groups excluding carboxylic acids is 1. The molecule has 0 aliphatic carbocycles. The minimum atomic E-state index is -0.756. The first-order valence-corrected chi connectivity index (χ1v) is 13.2. The van der Waals surface area contributed by atoms with Crippen LogP contribution in [0, 0.1) is 11.8 Å². The van der Waals surface area contributed by atoms with Crippen LogP contribution in [0.2, 0.25) is 0 Å². The van der Waals surface area contributed by atoms with E-state index in [9.17, 15) is 4.79 Å². The molecule has 5 atom stereocenters. The zero-order valence-corrected chi connectivity index (χ0v) is 24.3. The number of methoxy groups -OCH3 is 5. The maximum absolute atomic E-state index is 13.1. The lowest BCUT2D eigenvalue weighted by Gasteiger charge is -2.20. The Balaban J connectivity index is 1.52. The molecule has 0 spiro atoms. The Hall–Kier alpha value is -3.91. The van der Waals surface area contributed by atoms with Crippen LogP contribution in [0.3, 0.4) is 0 Å². The lowest BCUT2D eigenvalue weighted by Crippen LogP contribution is -2.24. The summed E-state index contributed by atoms with van der Waals surface area (Å²) in [4.78, 5) is 13.1. The zero-order valence-electron chi connectivity index (χ0n) is 24.3. The summed E-state index contributed by atoms with van der Waals surface area (Å²) < 4.78 is 39.9.